The highest BCUT2D eigenvalue weighted by Crippen LogP contribution is 2.17. The van der Waals surface area contributed by atoms with E-state index in [1.165, 1.54) is 0 Å². The first-order valence-corrected chi connectivity index (χ1v) is 8.53. The monoisotopic (exact) mass is 334 g/mol. The summed E-state index contributed by atoms with van der Waals surface area (Å²) in [6, 6.07) is 15.4. The maximum Gasteiger partial charge on any atom is 0.271 e. The summed E-state index contributed by atoms with van der Waals surface area (Å²) in [5.74, 6) is 0.720. The van der Waals surface area contributed by atoms with Crippen molar-refractivity contribution in [3.8, 4) is 0 Å². The molecule has 0 aliphatic rings. The minimum absolute atomic E-state index is 0.229. The number of carbonyl (C=O) groups excluding carboxylic acids is 1. The van der Waals surface area contributed by atoms with Crippen molar-refractivity contribution in [2.75, 3.05) is 0 Å². The van der Waals surface area contributed by atoms with Crippen molar-refractivity contribution in [3.05, 3.63) is 65.5 Å². The lowest BCUT2D eigenvalue weighted by atomic mass is 10.1. The Kier molecular flexibility index (Phi) is 4.93. The van der Waals surface area contributed by atoms with Crippen LogP contribution in [0, 0.1) is 6.92 Å². The molecular weight excluding hydrogens is 312 g/mol. The first-order valence-electron chi connectivity index (χ1n) is 8.53. The minimum Gasteiger partial charge on any atom is -0.329 e. The second-order valence-corrected chi connectivity index (χ2v) is 5.83. The van der Waals surface area contributed by atoms with Gasteiger partial charge in [-0.15, -0.1) is 0 Å². The van der Waals surface area contributed by atoms with Gasteiger partial charge in [0.2, 0.25) is 0 Å². The quantitative estimate of drug-likeness (QED) is 0.568. The summed E-state index contributed by atoms with van der Waals surface area (Å²) in [5, 5.41) is 4.30. The van der Waals surface area contributed by atoms with Gasteiger partial charge in [-0.05, 0) is 44.0 Å². The molecule has 0 aliphatic heterocycles. The van der Waals surface area contributed by atoms with Gasteiger partial charge in [-0.1, -0.05) is 37.3 Å². The van der Waals surface area contributed by atoms with Crippen LogP contribution in [-0.4, -0.2) is 21.2 Å². The molecule has 0 aliphatic carbocycles. The van der Waals surface area contributed by atoms with E-state index in [1.807, 2.05) is 62.4 Å². The topological polar surface area (TPSA) is 59.3 Å². The van der Waals surface area contributed by atoms with Gasteiger partial charge in [-0.2, -0.15) is 5.10 Å². The molecule has 5 heteroatoms. The number of hydrazone groups is 1. The fourth-order valence-electron chi connectivity index (χ4n) is 2.95. The van der Waals surface area contributed by atoms with Crippen LogP contribution in [0.15, 0.2) is 53.6 Å². The Morgan fingerprint density at radius 3 is 2.56 bits per heavy atom. The van der Waals surface area contributed by atoms with Gasteiger partial charge in [0.1, 0.15) is 5.82 Å². The first-order chi connectivity index (χ1) is 12.1. The smallest absolute Gasteiger partial charge is 0.271 e. The predicted molar refractivity (Wildman–Crippen MR) is 101 cm³/mol. The van der Waals surface area contributed by atoms with Crippen molar-refractivity contribution in [2.45, 2.75) is 33.7 Å². The number of aryl methyl sites for hydroxylation is 2. The van der Waals surface area contributed by atoms with Crippen LogP contribution in [0.25, 0.3) is 11.0 Å². The average molecular weight is 334 g/mol. The van der Waals surface area contributed by atoms with Crippen molar-refractivity contribution in [1.82, 2.24) is 15.0 Å². The second kappa shape index (κ2) is 7.30. The molecule has 1 aromatic heterocycles. The maximum absolute atomic E-state index is 12.4. The third-order valence-electron chi connectivity index (χ3n) is 4.25. The molecule has 0 radical (unpaired) electrons. The zero-order chi connectivity index (χ0) is 17.8. The Balaban J connectivity index is 1.83. The molecule has 0 spiro atoms. The highest BCUT2D eigenvalue weighted by Gasteiger charge is 2.11. The molecule has 3 aromatic rings. The molecular formula is C20H22N4O. The van der Waals surface area contributed by atoms with Gasteiger partial charge < -0.3 is 4.57 Å². The highest BCUT2D eigenvalue weighted by atomic mass is 16.2. The number of rotatable bonds is 5. The number of imidazole rings is 1. The molecule has 0 fully saturated rings. The minimum atomic E-state index is -0.229. The Hall–Kier alpha value is -2.95. The standard InChI is InChI=1S/C20H22N4O/c1-4-17(15-9-7-6-8-10-15)22-23-20(25)16-11-12-19-18(13-16)21-14(3)24(19)5-2/h6-13H,4-5H2,1-3H3,(H,23,25)/b22-17-. The van der Waals surface area contributed by atoms with Crippen LogP contribution >= 0.6 is 0 Å². The molecule has 0 bridgehead atoms. The summed E-state index contributed by atoms with van der Waals surface area (Å²) in [7, 11) is 0. The van der Waals surface area contributed by atoms with Gasteiger partial charge in [0.25, 0.3) is 5.91 Å². The van der Waals surface area contributed by atoms with Crippen LogP contribution < -0.4 is 5.43 Å². The van der Waals surface area contributed by atoms with Crippen molar-refractivity contribution in [1.29, 1.82) is 0 Å². The van der Waals surface area contributed by atoms with E-state index in [0.717, 1.165) is 41.1 Å². The molecule has 128 valence electrons. The third kappa shape index (κ3) is 3.45. The molecule has 1 heterocycles. The van der Waals surface area contributed by atoms with Crippen molar-refractivity contribution in [3.63, 3.8) is 0 Å². The van der Waals surface area contributed by atoms with Crippen molar-refractivity contribution < 1.29 is 4.79 Å². The van der Waals surface area contributed by atoms with Crippen LogP contribution in [0.2, 0.25) is 0 Å². The van der Waals surface area contributed by atoms with Gasteiger partial charge in [-0.25, -0.2) is 10.4 Å². The largest absolute Gasteiger partial charge is 0.329 e. The van der Waals surface area contributed by atoms with E-state index in [9.17, 15) is 4.79 Å². The summed E-state index contributed by atoms with van der Waals surface area (Å²) in [4.78, 5) is 17.0. The zero-order valence-corrected chi connectivity index (χ0v) is 14.8. The molecule has 1 N–H and O–H groups in total. The average Bonchev–Trinajstić information content (AvgIpc) is 2.97. The van der Waals surface area contributed by atoms with Crippen LogP contribution in [-0.2, 0) is 6.54 Å². The molecule has 25 heavy (non-hydrogen) atoms. The number of nitrogens with one attached hydrogen (secondary N) is 1. The molecule has 0 unspecified atom stereocenters. The Morgan fingerprint density at radius 2 is 1.88 bits per heavy atom. The Labute approximate surface area is 147 Å². The van der Waals surface area contributed by atoms with Crippen LogP contribution in [0.1, 0.15) is 42.0 Å². The summed E-state index contributed by atoms with van der Waals surface area (Å²) in [6.07, 6.45) is 0.740. The van der Waals surface area contributed by atoms with Crippen molar-refractivity contribution >= 4 is 22.7 Å². The summed E-state index contributed by atoms with van der Waals surface area (Å²) in [6.45, 7) is 6.93. The van der Waals surface area contributed by atoms with E-state index >= 15 is 0 Å². The number of nitrogens with zero attached hydrogens (tertiary/aromatic N) is 3. The van der Waals surface area contributed by atoms with Crippen LogP contribution in [0.4, 0.5) is 0 Å². The number of fused-ring (bicyclic) bond motifs is 1. The molecule has 0 saturated heterocycles. The molecule has 3 rings (SSSR count). The normalized spacial score (nSPS) is 11.7. The zero-order valence-electron chi connectivity index (χ0n) is 14.8. The number of hydrogen-bond donors (Lipinski definition) is 1. The van der Waals surface area contributed by atoms with Gasteiger partial charge in [0.15, 0.2) is 0 Å². The van der Waals surface area contributed by atoms with Crippen molar-refractivity contribution in [2.24, 2.45) is 5.10 Å². The summed E-state index contributed by atoms with van der Waals surface area (Å²) >= 11 is 0. The molecule has 2 aromatic carbocycles. The Bertz CT molecular complexity index is 926. The predicted octanol–water partition coefficient (Wildman–Crippen LogP) is 3.91. The highest BCUT2D eigenvalue weighted by molar-refractivity contribution is 6.02. The van der Waals surface area contributed by atoms with E-state index in [2.05, 4.69) is 27.0 Å². The number of hydrogen-bond acceptors (Lipinski definition) is 3. The summed E-state index contributed by atoms with van der Waals surface area (Å²) in [5.41, 5.74) is 6.95. The van der Waals surface area contributed by atoms with Gasteiger partial charge in [0.05, 0.1) is 16.7 Å². The van der Waals surface area contributed by atoms with Gasteiger partial charge in [-0.3, -0.25) is 4.79 Å². The van der Waals surface area contributed by atoms with E-state index in [-0.39, 0.29) is 5.91 Å². The lowest BCUT2D eigenvalue weighted by Gasteiger charge is -2.06. The van der Waals surface area contributed by atoms with E-state index < -0.39 is 0 Å². The lowest BCUT2D eigenvalue weighted by Crippen LogP contribution is -2.20. The maximum atomic E-state index is 12.4. The molecule has 1 amide bonds. The number of benzene rings is 2. The molecule has 5 nitrogen and oxygen atoms in total. The van der Waals surface area contributed by atoms with E-state index in [0.29, 0.717) is 5.56 Å². The van der Waals surface area contributed by atoms with Gasteiger partial charge in [0, 0.05) is 12.1 Å². The fourth-order valence-corrected chi connectivity index (χ4v) is 2.95. The lowest BCUT2D eigenvalue weighted by molar-refractivity contribution is 0.0955. The van der Waals surface area contributed by atoms with E-state index in [4.69, 9.17) is 0 Å². The number of carbonyl (C=O) groups is 1. The number of amides is 1. The van der Waals surface area contributed by atoms with Crippen LogP contribution in [0.3, 0.4) is 0 Å². The third-order valence-corrected chi connectivity index (χ3v) is 4.25. The van der Waals surface area contributed by atoms with Gasteiger partial charge >= 0.3 is 0 Å². The second-order valence-electron chi connectivity index (χ2n) is 5.83. The fraction of sp³-hybridized carbons (Fsp3) is 0.250. The Morgan fingerprint density at radius 1 is 1.12 bits per heavy atom. The van der Waals surface area contributed by atoms with E-state index in [1.54, 1.807) is 0 Å². The number of aromatic nitrogens is 2. The molecule has 0 saturated carbocycles. The molecule has 0 atom stereocenters. The first kappa shape index (κ1) is 16.9. The van der Waals surface area contributed by atoms with Crippen LogP contribution in [0.5, 0.6) is 0 Å². The SMILES string of the molecule is CC/C(=N/NC(=O)c1ccc2c(c1)nc(C)n2CC)c1ccccc1. The summed E-state index contributed by atoms with van der Waals surface area (Å²) < 4.78 is 2.12.